The molecular formula is C12H14N2O2. The smallest absolute Gasteiger partial charge is 0.307 e. The number of esters is 1. The standard InChI is InChI=1S/C12H14N2O2/c1-2-16-12(15)7-11(14)10-5-3-4-9(6-10)8-13/h3-6,11H,2,7,14H2,1H3/t11-/m1/s1. The van der Waals surface area contributed by atoms with Gasteiger partial charge in [0.05, 0.1) is 24.7 Å². The number of rotatable bonds is 4. The number of nitrogens with zero attached hydrogens (tertiary/aromatic N) is 1. The molecule has 0 aliphatic carbocycles. The summed E-state index contributed by atoms with van der Waals surface area (Å²) >= 11 is 0. The third-order valence-corrected chi connectivity index (χ3v) is 2.14. The summed E-state index contributed by atoms with van der Waals surface area (Å²) in [6, 6.07) is 8.53. The van der Waals surface area contributed by atoms with Crippen molar-refractivity contribution < 1.29 is 9.53 Å². The molecule has 0 bridgehead atoms. The van der Waals surface area contributed by atoms with Crippen molar-refractivity contribution >= 4 is 5.97 Å². The van der Waals surface area contributed by atoms with Gasteiger partial charge in [0.1, 0.15) is 0 Å². The van der Waals surface area contributed by atoms with Crippen molar-refractivity contribution in [2.45, 2.75) is 19.4 Å². The van der Waals surface area contributed by atoms with Crippen molar-refractivity contribution in [1.82, 2.24) is 0 Å². The molecule has 0 heterocycles. The average molecular weight is 218 g/mol. The number of nitriles is 1. The van der Waals surface area contributed by atoms with Crippen LogP contribution in [0.15, 0.2) is 24.3 Å². The highest BCUT2D eigenvalue weighted by molar-refractivity contribution is 5.70. The van der Waals surface area contributed by atoms with E-state index in [4.69, 9.17) is 15.7 Å². The van der Waals surface area contributed by atoms with Gasteiger partial charge in [-0.3, -0.25) is 4.79 Å². The van der Waals surface area contributed by atoms with E-state index in [2.05, 4.69) is 0 Å². The van der Waals surface area contributed by atoms with Crippen molar-refractivity contribution in [3.8, 4) is 6.07 Å². The molecule has 0 radical (unpaired) electrons. The number of benzene rings is 1. The monoisotopic (exact) mass is 218 g/mol. The second-order valence-electron chi connectivity index (χ2n) is 3.35. The maximum Gasteiger partial charge on any atom is 0.307 e. The molecule has 1 aromatic carbocycles. The zero-order valence-corrected chi connectivity index (χ0v) is 9.14. The lowest BCUT2D eigenvalue weighted by molar-refractivity contribution is -0.143. The predicted octanol–water partition coefficient (Wildman–Crippen LogP) is 1.51. The lowest BCUT2D eigenvalue weighted by atomic mass is 10.0. The molecule has 0 amide bonds. The van der Waals surface area contributed by atoms with Crippen molar-refractivity contribution in [2.24, 2.45) is 5.73 Å². The molecule has 2 N–H and O–H groups in total. The van der Waals surface area contributed by atoms with Crippen molar-refractivity contribution in [3.63, 3.8) is 0 Å². The molecule has 1 atom stereocenters. The summed E-state index contributed by atoms with van der Waals surface area (Å²) in [4.78, 5) is 11.2. The third-order valence-electron chi connectivity index (χ3n) is 2.14. The normalized spacial score (nSPS) is 11.6. The zero-order valence-electron chi connectivity index (χ0n) is 9.14. The Morgan fingerprint density at radius 2 is 2.38 bits per heavy atom. The van der Waals surface area contributed by atoms with Crippen molar-refractivity contribution in [3.05, 3.63) is 35.4 Å². The molecule has 0 spiro atoms. The van der Waals surface area contributed by atoms with Gasteiger partial charge in [0.2, 0.25) is 0 Å². The minimum atomic E-state index is -0.424. The Kier molecular flexibility index (Phi) is 4.49. The molecular weight excluding hydrogens is 204 g/mol. The third kappa shape index (κ3) is 3.37. The molecule has 0 aromatic heterocycles. The summed E-state index contributed by atoms with van der Waals surface area (Å²) in [5, 5.41) is 8.73. The van der Waals surface area contributed by atoms with E-state index in [1.165, 1.54) is 0 Å². The molecule has 0 aliphatic heterocycles. The van der Waals surface area contributed by atoms with Gasteiger partial charge in [-0.15, -0.1) is 0 Å². The lowest BCUT2D eigenvalue weighted by Gasteiger charge is -2.11. The van der Waals surface area contributed by atoms with Crippen LogP contribution in [0.3, 0.4) is 0 Å². The molecule has 0 unspecified atom stereocenters. The first kappa shape index (κ1) is 12.2. The largest absolute Gasteiger partial charge is 0.466 e. The number of carbonyl (C=O) groups excluding carboxylic acids is 1. The van der Waals surface area contributed by atoms with Crippen LogP contribution >= 0.6 is 0 Å². The summed E-state index contributed by atoms with van der Waals surface area (Å²) in [7, 11) is 0. The van der Waals surface area contributed by atoms with Crippen molar-refractivity contribution in [1.29, 1.82) is 5.26 Å². The van der Waals surface area contributed by atoms with E-state index >= 15 is 0 Å². The fourth-order valence-corrected chi connectivity index (χ4v) is 1.36. The van der Waals surface area contributed by atoms with E-state index in [0.29, 0.717) is 12.2 Å². The van der Waals surface area contributed by atoms with E-state index in [1.54, 1.807) is 31.2 Å². The molecule has 1 aromatic rings. The highest BCUT2D eigenvalue weighted by Crippen LogP contribution is 2.15. The molecule has 4 nitrogen and oxygen atoms in total. The number of nitrogens with two attached hydrogens (primary N) is 1. The van der Waals surface area contributed by atoms with Crippen LogP contribution in [0.5, 0.6) is 0 Å². The van der Waals surface area contributed by atoms with E-state index in [1.807, 2.05) is 6.07 Å². The molecule has 0 saturated carbocycles. The minimum absolute atomic E-state index is 0.128. The molecule has 16 heavy (non-hydrogen) atoms. The van der Waals surface area contributed by atoms with E-state index in [-0.39, 0.29) is 12.4 Å². The molecule has 4 heteroatoms. The summed E-state index contributed by atoms with van der Waals surface area (Å²) in [5.74, 6) is -0.322. The summed E-state index contributed by atoms with van der Waals surface area (Å²) in [5.41, 5.74) is 7.15. The Bertz CT molecular complexity index is 410. The SMILES string of the molecule is CCOC(=O)C[C@@H](N)c1cccc(C#N)c1. The molecule has 84 valence electrons. The number of ether oxygens (including phenoxy) is 1. The fourth-order valence-electron chi connectivity index (χ4n) is 1.36. The van der Waals surface area contributed by atoms with E-state index in [0.717, 1.165) is 5.56 Å². The summed E-state index contributed by atoms with van der Waals surface area (Å²) in [6.45, 7) is 2.10. The fraction of sp³-hybridized carbons (Fsp3) is 0.333. The second-order valence-corrected chi connectivity index (χ2v) is 3.35. The van der Waals surface area contributed by atoms with Gasteiger partial charge in [-0.1, -0.05) is 12.1 Å². The Labute approximate surface area is 94.6 Å². The summed E-state index contributed by atoms with van der Waals surface area (Å²) in [6.07, 6.45) is 0.128. The van der Waals surface area contributed by atoms with Gasteiger partial charge in [0, 0.05) is 6.04 Å². The van der Waals surface area contributed by atoms with Gasteiger partial charge in [-0.05, 0) is 24.6 Å². The van der Waals surface area contributed by atoms with Crippen LogP contribution in [0, 0.1) is 11.3 Å². The molecule has 0 saturated heterocycles. The van der Waals surface area contributed by atoms with Crippen molar-refractivity contribution in [2.75, 3.05) is 6.61 Å². The zero-order chi connectivity index (χ0) is 12.0. The maximum absolute atomic E-state index is 11.2. The lowest BCUT2D eigenvalue weighted by Crippen LogP contribution is -2.17. The van der Waals surface area contributed by atoms with E-state index < -0.39 is 6.04 Å². The van der Waals surface area contributed by atoms with Gasteiger partial charge >= 0.3 is 5.97 Å². The van der Waals surface area contributed by atoms with Gasteiger partial charge in [0.15, 0.2) is 0 Å². The van der Waals surface area contributed by atoms with Gasteiger partial charge in [-0.2, -0.15) is 5.26 Å². The van der Waals surface area contributed by atoms with E-state index in [9.17, 15) is 4.79 Å². The van der Waals surface area contributed by atoms with Crippen LogP contribution in [-0.4, -0.2) is 12.6 Å². The number of carbonyl (C=O) groups is 1. The first-order valence-corrected chi connectivity index (χ1v) is 5.08. The Morgan fingerprint density at radius 1 is 1.62 bits per heavy atom. The van der Waals surface area contributed by atoms with Crippen LogP contribution < -0.4 is 5.73 Å². The topological polar surface area (TPSA) is 76.1 Å². The molecule has 0 fully saturated rings. The van der Waals surface area contributed by atoms with Crippen LogP contribution in [0.25, 0.3) is 0 Å². The van der Waals surface area contributed by atoms with Crippen LogP contribution in [0.2, 0.25) is 0 Å². The van der Waals surface area contributed by atoms with Crippen LogP contribution in [0.4, 0.5) is 0 Å². The van der Waals surface area contributed by atoms with Gasteiger partial charge in [-0.25, -0.2) is 0 Å². The first-order valence-electron chi connectivity index (χ1n) is 5.08. The molecule has 0 aliphatic rings. The van der Waals surface area contributed by atoms with Gasteiger partial charge < -0.3 is 10.5 Å². The number of hydrogen-bond donors (Lipinski definition) is 1. The number of hydrogen-bond acceptors (Lipinski definition) is 4. The van der Waals surface area contributed by atoms with Crippen LogP contribution in [-0.2, 0) is 9.53 Å². The quantitative estimate of drug-likeness (QED) is 0.777. The summed E-state index contributed by atoms with van der Waals surface area (Å²) < 4.78 is 4.81. The Hall–Kier alpha value is -1.86. The minimum Gasteiger partial charge on any atom is -0.466 e. The maximum atomic E-state index is 11.2. The highest BCUT2D eigenvalue weighted by Gasteiger charge is 2.12. The first-order chi connectivity index (χ1) is 7.67. The predicted molar refractivity (Wildman–Crippen MR) is 59.3 cm³/mol. The average Bonchev–Trinajstić information content (AvgIpc) is 2.29. The van der Waals surface area contributed by atoms with Crippen LogP contribution in [0.1, 0.15) is 30.5 Å². The highest BCUT2D eigenvalue weighted by atomic mass is 16.5. The Morgan fingerprint density at radius 3 is 3.00 bits per heavy atom. The Balaban J connectivity index is 2.69. The molecule has 1 rings (SSSR count). The van der Waals surface area contributed by atoms with Gasteiger partial charge in [0.25, 0.3) is 0 Å². The second kappa shape index (κ2) is 5.89.